The van der Waals surface area contributed by atoms with Crippen molar-refractivity contribution in [2.24, 2.45) is 0 Å². The average Bonchev–Trinajstić information content (AvgIpc) is 3.04. The Bertz CT molecular complexity index is 706. The van der Waals surface area contributed by atoms with Gasteiger partial charge in [-0.25, -0.2) is 4.68 Å². The van der Waals surface area contributed by atoms with E-state index in [1.54, 1.807) is 4.90 Å². The quantitative estimate of drug-likeness (QED) is 0.905. The molecule has 9 heteroatoms. The number of nitrogens with zero attached hydrogens (tertiary/aromatic N) is 4. The van der Waals surface area contributed by atoms with Gasteiger partial charge in [-0.15, -0.1) is 5.10 Å². The van der Waals surface area contributed by atoms with E-state index in [4.69, 9.17) is 0 Å². The van der Waals surface area contributed by atoms with Gasteiger partial charge < -0.3 is 10.2 Å². The molecule has 1 aromatic carbocycles. The molecule has 1 N–H and O–H groups in total. The van der Waals surface area contributed by atoms with Gasteiger partial charge in [0.2, 0.25) is 0 Å². The van der Waals surface area contributed by atoms with Gasteiger partial charge in [0.05, 0.1) is 17.4 Å². The van der Waals surface area contributed by atoms with Crippen molar-refractivity contribution in [3.8, 4) is 5.69 Å². The SMILES string of the molecule is O=C(c1cn(-c2ccccc2C(F)(F)F)nn1)N1CCNCC1. The van der Waals surface area contributed by atoms with Gasteiger partial charge in [-0.1, -0.05) is 17.3 Å². The monoisotopic (exact) mass is 325 g/mol. The van der Waals surface area contributed by atoms with Gasteiger partial charge in [0.25, 0.3) is 5.91 Å². The first-order chi connectivity index (χ1) is 11.0. The van der Waals surface area contributed by atoms with Crippen LogP contribution in [0, 0.1) is 0 Å². The first-order valence-electron chi connectivity index (χ1n) is 7.06. The second kappa shape index (κ2) is 5.99. The minimum Gasteiger partial charge on any atom is -0.335 e. The summed E-state index contributed by atoms with van der Waals surface area (Å²) in [5, 5.41) is 10.5. The zero-order valence-electron chi connectivity index (χ0n) is 12.0. The molecule has 0 radical (unpaired) electrons. The minimum absolute atomic E-state index is 0.0314. The Labute approximate surface area is 129 Å². The number of benzene rings is 1. The lowest BCUT2D eigenvalue weighted by molar-refractivity contribution is -0.137. The van der Waals surface area contributed by atoms with Crippen molar-refractivity contribution in [2.75, 3.05) is 26.2 Å². The Kier molecular flexibility index (Phi) is 4.03. The number of amides is 1. The predicted octanol–water partition coefficient (Wildman–Crippen LogP) is 1.33. The lowest BCUT2D eigenvalue weighted by Crippen LogP contribution is -2.46. The Hall–Kier alpha value is -2.42. The van der Waals surface area contributed by atoms with Crippen LogP contribution < -0.4 is 5.32 Å². The maximum Gasteiger partial charge on any atom is 0.418 e. The van der Waals surface area contributed by atoms with Gasteiger partial charge in [0, 0.05) is 26.2 Å². The second-order valence-corrected chi connectivity index (χ2v) is 5.11. The number of piperazine rings is 1. The molecule has 23 heavy (non-hydrogen) atoms. The highest BCUT2D eigenvalue weighted by Crippen LogP contribution is 2.33. The van der Waals surface area contributed by atoms with E-state index in [0.29, 0.717) is 26.2 Å². The molecule has 1 saturated heterocycles. The molecule has 0 saturated carbocycles. The average molecular weight is 325 g/mol. The number of carbonyl (C=O) groups excluding carboxylic acids is 1. The molecule has 6 nitrogen and oxygen atoms in total. The fourth-order valence-corrected chi connectivity index (χ4v) is 2.42. The van der Waals surface area contributed by atoms with E-state index in [-0.39, 0.29) is 17.3 Å². The van der Waals surface area contributed by atoms with Gasteiger partial charge in [-0.2, -0.15) is 13.2 Å². The van der Waals surface area contributed by atoms with Gasteiger partial charge in [0.1, 0.15) is 0 Å². The molecule has 2 aromatic rings. The standard InChI is InChI=1S/C14H14F3N5O/c15-14(16,17)10-3-1-2-4-12(10)22-9-11(19-20-22)13(23)21-7-5-18-6-8-21/h1-4,9,18H,5-8H2. The maximum atomic E-state index is 13.0. The fourth-order valence-electron chi connectivity index (χ4n) is 2.42. The number of nitrogens with one attached hydrogen (secondary N) is 1. The van der Waals surface area contributed by atoms with Crippen LogP contribution in [-0.4, -0.2) is 52.0 Å². The number of carbonyl (C=O) groups is 1. The summed E-state index contributed by atoms with van der Waals surface area (Å²) >= 11 is 0. The highest BCUT2D eigenvalue weighted by atomic mass is 19.4. The molecule has 0 spiro atoms. The summed E-state index contributed by atoms with van der Waals surface area (Å²) in [5.74, 6) is -0.331. The predicted molar refractivity (Wildman–Crippen MR) is 75.1 cm³/mol. The van der Waals surface area contributed by atoms with Crippen molar-refractivity contribution in [3.05, 3.63) is 41.7 Å². The van der Waals surface area contributed by atoms with Crippen molar-refractivity contribution >= 4 is 5.91 Å². The number of halogens is 3. The van der Waals surface area contributed by atoms with Crippen LogP contribution in [0.5, 0.6) is 0 Å². The third-order valence-electron chi connectivity index (χ3n) is 3.57. The van der Waals surface area contributed by atoms with Crippen LogP contribution in [0.4, 0.5) is 13.2 Å². The zero-order chi connectivity index (χ0) is 16.4. The molecule has 0 unspecified atom stereocenters. The Balaban J connectivity index is 1.89. The largest absolute Gasteiger partial charge is 0.418 e. The first kappa shape index (κ1) is 15.5. The minimum atomic E-state index is -4.51. The van der Waals surface area contributed by atoms with Crippen molar-refractivity contribution in [1.82, 2.24) is 25.2 Å². The number of para-hydroxylation sites is 1. The van der Waals surface area contributed by atoms with E-state index in [1.807, 2.05) is 0 Å². The summed E-state index contributed by atoms with van der Waals surface area (Å²) in [6.07, 6.45) is -3.28. The second-order valence-electron chi connectivity index (χ2n) is 5.11. The molecule has 1 aliphatic heterocycles. The van der Waals surface area contributed by atoms with Gasteiger partial charge in [0.15, 0.2) is 5.69 Å². The fraction of sp³-hybridized carbons (Fsp3) is 0.357. The maximum absolute atomic E-state index is 13.0. The lowest BCUT2D eigenvalue weighted by atomic mass is 10.1. The van der Waals surface area contributed by atoms with E-state index in [0.717, 1.165) is 10.7 Å². The van der Waals surface area contributed by atoms with E-state index in [1.165, 1.54) is 24.4 Å². The van der Waals surface area contributed by atoms with Crippen LogP contribution in [0.15, 0.2) is 30.5 Å². The number of rotatable bonds is 2. The normalized spacial score (nSPS) is 15.7. The van der Waals surface area contributed by atoms with Crippen LogP contribution in [-0.2, 0) is 6.18 Å². The van der Waals surface area contributed by atoms with E-state index >= 15 is 0 Å². The Morgan fingerprint density at radius 2 is 1.87 bits per heavy atom. The van der Waals surface area contributed by atoms with E-state index in [2.05, 4.69) is 15.6 Å². The van der Waals surface area contributed by atoms with Crippen molar-refractivity contribution in [1.29, 1.82) is 0 Å². The summed E-state index contributed by atoms with van der Waals surface area (Å²) in [4.78, 5) is 13.9. The molecule has 2 heterocycles. The Morgan fingerprint density at radius 1 is 1.17 bits per heavy atom. The summed E-state index contributed by atoms with van der Waals surface area (Å²) < 4.78 is 40.1. The lowest BCUT2D eigenvalue weighted by Gasteiger charge is -2.26. The van der Waals surface area contributed by atoms with E-state index in [9.17, 15) is 18.0 Å². The van der Waals surface area contributed by atoms with Gasteiger partial charge in [-0.3, -0.25) is 4.79 Å². The molecule has 1 aliphatic rings. The Morgan fingerprint density at radius 3 is 2.57 bits per heavy atom. The van der Waals surface area contributed by atoms with Crippen LogP contribution in [0.3, 0.4) is 0 Å². The van der Waals surface area contributed by atoms with Crippen molar-refractivity contribution in [3.63, 3.8) is 0 Å². The third-order valence-corrected chi connectivity index (χ3v) is 3.57. The van der Waals surface area contributed by atoms with Crippen LogP contribution in [0.2, 0.25) is 0 Å². The number of aromatic nitrogens is 3. The molecule has 0 bridgehead atoms. The summed E-state index contributed by atoms with van der Waals surface area (Å²) in [6.45, 7) is 2.42. The zero-order valence-corrected chi connectivity index (χ0v) is 12.0. The first-order valence-corrected chi connectivity index (χ1v) is 7.06. The molecule has 1 fully saturated rings. The molecule has 1 aromatic heterocycles. The van der Waals surface area contributed by atoms with Gasteiger partial charge >= 0.3 is 6.18 Å². The van der Waals surface area contributed by atoms with Gasteiger partial charge in [-0.05, 0) is 12.1 Å². The highest BCUT2D eigenvalue weighted by molar-refractivity contribution is 5.92. The van der Waals surface area contributed by atoms with Crippen LogP contribution >= 0.6 is 0 Å². The van der Waals surface area contributed by atoms with Crippen molar-refractivity contribution in [2.45, 2.75) is 6.18 Å². The molecule has 0 aliphatic carbocycles. The molecular formula is C14H14F3N5O. The molecule has 0 atom stereocenters. The number of hydrogen-bond donors (Lipinski definition) is 1. The number of hydrogen-bond acceptors (Lipinski definition) is 4. The third kappa shape index (κ3) is 3.19. The smallest absolute Gasteiger partial charge is 0.335 e. The number of alkyl halides is 3. The summed E-state index contributed by atoms with van der Waals surface area (Å²) in [6, 6.07) is 5.03. The summed E-state index contributed by atoms with van der Waals surface area (Å²) in [7, 11) is 0. The van der Waals surface area contributed by atoms with E-state index < -0.39 is 11.7 Å². The molecule has 122 valence electrons. The molecule has 1 amide bonds. The van der Waals surface area contributed by atoms with Crippen LogP contribution in [0.25, 0.3) is 5.69 Å². The highest BCUT2D eigenvalue weighted by Gasteiger charge is 2.34. The molecule has 3 rings (SSSR count). The van der Waals surface area contributed by atoms with Crippen LogP contribution in [0.1, 0.15) is 16.1 Å². The molecular weight excluding hydrogens is 311 g/mol. The van der Waals surface area contributed by atoms with Crippen molar-refractivity contribution < 1.29 is 18.0 Å². The summed E-state index contributed by atoms with van der Waals surface area (Å²) in [5.41, 5.74) is -0.957. The topological polar surface area (TPSA) is 63.1 Å².